The minimum absolute atomic E-state index is 0.0448. The zero-order valence-electron chi connectivity index (χ0n) is 21.3. The molecule has 3 fully saturated rings. The summed E-state index contributed by atoms with van der Waals surface area (Å²) in [5.41, 5.74) is 0.923. The summed E-state index contributed by atoms with van der Waals surface area (Å²) in [7, 11) is 0. The molecule has 1 saturated heterocycles. The third kappa shape index (κ3) is 3.82. The largest absolute Gasteiger partial charge is 0.342 e. The number of nitrogens with zero attached hydrogens (tertiary/aromatic N) is 3. The first-order valence-electron chi connectivity index (χ1n) is 13.5. The van der Waals surface area contributed by atoms with Gasteiger partial charge in [-0.25, -0.2) is 8.78 Å². The zero-order valence-corrected chi connectivity index (χ0v) is 21.3. The Morgan fingerprint density at radius 1 is 0.974 bits per heavy atom. The second-order valence-electron chi connectivity index (χ2n) is 11.8. The van der Waals surface area contributed by atoms with Crippen LogP contribution in [0.1, 0.15) is 44.6 Å². The Balaban J connectivity index is 1.14. The van der Waals surface area contributed by atoms with E-state index in [1.165, 1.54) is 18.2 Å². The minimum Gasteiger partial charge on any atom is -0.342 e. The molecular formula is C31H29F2N3O2. The molecule has 2 saturated carbocycles. The van der Waals surface area contributed by atoms with E-state index in [0.29, 0.717) is 49.4 Å². The maximum atomic E-state index is 15.6. The van der Waals surface area contributed by atoms with Crippen LogP contribution in [-0.2, 0) is 9.59 Å². The summed E-state index contributed by atoms with van der Waals surface area (Å²) < 4.78 is 29.2. The average molecular weight is 514 g/mol. The molecule has 5 nitrogen and oxygen atoms in total. The highest BCUT2D eigenvalue weighted by molar-refractivity contribution is 6.16. The maximum Gasteiger partial charge on any atom is 0.256 e. The highest BCUT2D eigenvalue weighted by Gasteiger charge is 2.58. The fourth-order valence-electron chi connectivity index (χ4n) is 5.96. The smallest absolute Gasteiger partial charge is 0.256 e. The lowest BCUT2D eigenvalue weighted by Crippen LogP contribution is -2.41. The first-order chi connectivity index (χ1) is 18.2. The molecule has 0 radical (unpaired) electrons. The lowest BCUT2D eigenvalue weighted by molar-refractivity contribution is -0.135. The summed E-state index contributed by atoms with van der Waals surface area (Å²) in [4.78, 5) is 34.6. The number of aliphatic imine (C=N–C) groups is 1. The van der Waals surface area contributed by atoms with Crippen LogP contribution in [0.25, 0.3) is 21.9 Å². The van der Waals surface area contributed by atoms with Crippen LogP contribution in [0.3, 0.4) is 0 Å². The van der Waals surface area contributed by atoms with E-state index in [-0.39, 0.29) is 29.0 Å². The van der Waals surface area contributed by atoms with E-state index < -0.39 is 11.4 Å². The van der Waals surface area contributed by atoms with Crippen molar-refractivity contribution in [3.8, 4) is 11.1 Å². The molecule has 38 heavy (non-hydrogen) atoms. The van der Waals surface area contributed by atoms with E-state index in [1.807, 2.05) is 36.1 Å². The SMILES string of the molecule is CC1(C(=O)N2CC[C@@H](CN3C(=O)C4(CC4)N=C3c3ccc(-c4ccc5cc(F)ccc5c4)cc3F)C2)CC1. The lowest BCUT2D eigenvalue weighted by Gasteiger charge is -2.24. The van der Waals surface area contributed by atoms with E-state index in [0.717, 1.165) is 35.6 Å². The Morgan fingerprint density at radius 2 is 1.68 bits per heavy atom. The third-order valence-corrected chi connectivity index (χ3v) is 8.82. The number of amides is 2. The number of benzene rings is 3. The molecule has 0 aromatic heterocycles. The summed E-state index contributed by atoms with van der Waals surface area (Å²) in [5, 5.41) is 1.66. The molecule has 7 rings (SSSR count). The van der Waals surface area contributed by atoms with Crippen LogP contribution in [0, 0.1) is 23.0 Å². The van der Waals surface area contributed by atoms with Crippen LogP contribution >= 0.6 is 0 Å². The third-order valence-electron chi connectivity index (χ3n) is 8.82. The maximum absolute atomic E-state index is 15.6. The standard InChI is InChI=1S/C31H29F2N3O2/c1-30(9-10-30)28(37)35-13-8-19(17-35)18-36-27(34-31(11-12-31)29(36)38)25-7-5-23(16-26(25)33)20-2-3-22-15-24(32)6-4-21(22)14-20/h2-7,14-16,19H,8-13,17-18H2,1H3/t19-/m1/s1. The normalized spacial score (nSPS) is 22.9. The second kappa shape index (κ2) is 8.19. The van der Waals surface area contributed by atoms with Gasteiger partial charge in [-0.15, -0.1) is 0 Å². The number of carbonyl (C=O) groups is 2. The van der Waals surface area contributed by atoms with Gasteiger partial charge in [0.1, 0.15) is 23.0 Å². The predicted octanol–water partition coefficient (Wildman–Crippen LogP) is 5.56. The number of rotatable bonds is 5. The number of amidine groups is 1. The topological polar surface area (TPSA) is 53.0 Å². The summed E-state index contributed by atoms with van der Waals surface area (Å²) in [6.07, 6.45) is 4.11. The number of carbonyl (C=O) groups excluding carboxylic acids is 2. The zero-order chi connectivity index (χ0) is 26.2. The molecule has 3 aromatic rings. The fourth-order valence-corrected chi connectivity index (χ4v) is 5.96. The molecule has 0 bridgehead atoms. The number of fused-ring (bicyclic) bond motifs is 1. The molecule has 2 amide bonds. The molecular weight excluding hydrogens is 484 g/mol. The van der Waals surface area contributed by atoms with Gasteiger partial charge in [0, 0.05) is 25.0 Å². The second-order valence-corrected chi connectivity index (χ2v) is 11.8. The van der Waals surface area contributed by atoms with E-state index in [2.05, 4.69) is 0 Å². The van der Waals surface area contributed by atoms with Crippen LogP contribution in [-0.4, -0.2) is 52.6 Å². The Hall–Kier alpha value is -3.61. The lowest BCUT2D eigenvalue weighted by atomic mass is 9.99. The van der Waals surface area contributed by atoms with Crippen molar-refractivity contribution in [3.63, 3.8) is 0 Å². The molecule has 1 atom stereocenters. The number of likely N-dealkylation sites (tertiary alicyclic amines) is 1. The number of hydrogen-bond acceptors (Lipinski definition) is 3. The van der Waals surface area contributed by atoms with Crippen LogP contribution in [0.5, 0.6) is 0 Å². The molecule has 194 valence electrons. The average Bonchev–Trinajstić information content (AvgIpc) is 3.79. The first-order valence-corrected chi connectivity index (χ1v) is 13.5. The van der Waals surface area contributed by atoms with Crippen LogP contribution in [0.2, 0.25) is 0 Å². The Labute approximate surface area is 220 Å². The summed E-state index contributed by atoms with van der Waals surface area (Å²) in [6, 6.07) is 15.2. The van der Waals surface area contributed by atoms with Gasteiger partial charge in [0.05, 0.1) is 5.56 Å². The molecule has 0 N–H and O–H groups in total. The molecule has 2 aliphatic heterocycles. The first kappa shape index (κ1) is 23.5. The number of hydrogen-bond donors (Lipinski definition) is 0. The van der Waals surface area contributed by atoms with Gasteiger partial charge in [0.15, 0.2) is 0 Å². The van der Waals surface area contributed by atoms with E-state index in [4.69, 9.17) is 4.99 Å². The van der Waals surface area contributed by atoms with Gasteiger partial charge in [-0.05, 0) is 90.3 Å². The molecule has 2 aliphatic carbocycles. The van der Waals surface area contributed by atoms with Crippen molar-refractivity contribution in [2.75, 3.05) is 19.6 Å². The van der Waals surface area contributed by atoms with Gasteiger partial charge in [0.2, 0.25) is 5.91 Å². The molecule has 0 unspecified atom stereocenters. The van der Waals surface area contributed by atoms with Crippen LogP contribution in [0.15, 0.2) is 59.6 Å². The van der Waals surface area contributed by atoms with Gasteiger partial charge in [-0.1, -0.05) is 31.2 Å². The van der Waals surface area contributed by atoms with Crippen molar-refractivity contribution >= 4 is 28.4 Å². The molecule has 3 aromatic carbocycles. The van der Waals surface area contributed by atoms with Crippen molar-refractivity contribution in [3.05, 3.63) is 71.8 Å². The predicted molar refractivity (Wildman–Crippen MR) is 142 cm³/mol. The number of halogens is 2. The monoisotopic (exact) mass is 513 g/mol. The van der Waals surface area contributed by atoms with Crippen molar-refractivity contribution in [1.82, 2.24) is 9.80 Å². The Kier molecular flexibility index (Phi) is 5.07. The fraction of sp³-hybridized carbons (Fsp3) is 0.387. The van der Waals surface area contributed by atoms with Crippen LogP contribution in [0.4, 0.5) is 8.78 Å². The van der Waals surface area contributed by atoms with Crippen molar-refractivity contribution < 1.29 is 18.4 Å². The molecule has 1 spiro atoms. The van der Waals surface area contributed by atoms with Gasteiger partial charge >= 0.3 is 0 Å². The molecule has 4 aliphatic rings. The van der Waals surface area contributed by atoms with Crippen LogP contribution < -0.4 is 0 Å². The van der Waals surface area contributed by atoms with Gasteiger partial charge in [-0.3, -0.25) is 19.5 Å². The van der Waals surface area contributed by atoms with Gasteiger partial charge in [0.25, 0.3) is 5.91 Å². The van der Waals surface area contributed by atoms with Gasteiger partial charge < -0.3 is 4.90 Å². The minimum atomic E-state index is -0.732. The Bertz CT molecular complexity index is 1540. The quantitative estimate of drug-likeness (QED) is 0.449. The van der Waals surface area contributed by atoms with Gasteiger partial charge in [-0.2, -0.15) is 0 Å². The van der Waals surface area contributed by atoms with E-state index >= 15 is 4.39 Å². The molecule has 7 heteroatoms. The van der Waals surface area contributed by atoms with E-state index in [1.54, 1.807) is 17.0 Å². The molecule has 2 heterocycles. The van der Waals surface area contributed by atoms with Crippen molar-refractivity contribution in [2.24, 2.45) is 16.3 Å². The summed E-state index contributed by atoms with van der Waals surface area (Å²) in [5.74, 6) is 0.0106. The highest BCUT2D eigenvalue weighted by Crippen LogP contribution is 2.48. The van der Waals surface area contributed by atoms with Crippen molar-refractivity contribution in [2.45, 2.75) is 44.6 Å². The Morgan fingerprint density at radius 3 is 2.42 bits per heavy atom. The van der Waals surface area contributed by atoms with Crippen molar-refractivity contribution in [1.29, 1.82) is 0 Å². The van der Waals surface area contributed by atoms with E-state index in [9.17, 15) is 14.0 Å². The summed E-state index contributed by atoms with van der Waals surface area (Å²) in [6.45, 7) is 3.81. The highest BCUT2D eigenvalue weighted by atomic mass is 19.1. The summed E-state index contributed by atoms with van der Waals surface area (Å²) >= 11 is 0.